The minimum absolute atomic E-state index is 0.926. The van der Waals surface area contributed by atoms with Crippen molar-refractivity contribution in [2.75, 3.05) is 37.7 Å². The minimum Gasteiger partial charge on any atom is -0.311 e. The van der Waals surface area contributed by atoms with Crippen molar-refractivity contribution in [1.29, 1.82) is 0 Å². The third kappa shape index (κ3) is 4.66. The lowest BCUT2D eigenvalue weighted by Crippen LogP contribution is -2.37. The summed E-state index contributed by atoms with van der Waals surface area (Å²) >= 11 is 2.07. The first-order valence-electron chi connectivity index (χ1n) is 6.27. The Morgan fingerprint density at radius 1 is 1.35 bits per heavy atom. The Labute approximate surface area is 108 Å². The molecular formula is C13H21N3S. The molecule has 0 amide bonds. The molecule has 1 N–H and O–H groups in total. The molecule has 1 aromatic rings. The van der Waals surface area contributed by atoms with Gasteiger partial charge in [-0.25, -0.2) is 0 Å². The topological polar surface area (TPSA) is 28.2 Å². The fraction of sp³-hybridized carbons (Fsp3) is 0.615. The molecule has 0 aliphatic carbocycles. The molecule has 1 aliphatic rings. The van der Waals surface area contributed by atoms with E-state index in [1.165, 1.54) is 36.7 Å². The summed E-state index contributed by atoms with van der Waals surface area (Å²) in [5.74, 6) is 2.59. The van der Waals surface area contributed by atoms with Crippen LogP contribution in [0.5, 0.6) is 0 Å². The molecule has 1 aromatic heterocycles. The molecule has 4 heteroatoms. The Balaban J connectivity index is 1.60. The summed E-state index contributed by atoms with van der Waals surface area (Å²) < 4.78 is 0. The molecule has 0 atom stereocenters. The molecule has 1 fully saturated rings. The van der Waals surface area contributed by atoms with Gasteiger partial charge in [0.2, 0.25) is 0 Å². The monoisotopic (exact) mass is 251 g/mol. The van der Waals surface area contributed by atoms with Gasteiger partial charge in [0.1, 0.15) is 0 Å². The molecule has 17 heavy (non-hydrogen) atoms. The van der Waals surface area contributed by atoms with Gasteiger partial charge in [-0.3, -0.25) is 4.98 Å². The van der Waals surface area contributed by atoms with Crippen molar-refractivity contribution >= 4 is 11.8 Å². The van der Waals surface area contributed by atoms with E-state index in [1.54, 1.807) is 0 Å². The summed E-state index contributed by atoms with van der Waals surface area (Å²) in [5, 5.41) is 3.48. The van der Waals surface area contributed by atoms with E-state index in [9.17, 15) is 0 Å². The first kappa shape index (κ1) is 12.9. The first-order valence-corrected chi connectivity index (χ1v) is 7.42. The Hall–Kier alpha value is -0.580. The van der Waals surface area contributed by atoms with E-state index in [4.69, 9.17) is 0 Å². The number of pyridine rings is 1. The van der Waals surface area contributed by atoms with E-state index in [0.717, 1.165) is 18.8 Å². The van der Waals surface area contributed by atoms with E-state index in [0.29, 0.717) is 0 Å². The van der Waals surface area contributed by atoms with Crippen LogP contribution in [-0.2, 0) is 6.54 Å². The standard InChI is InChI=1S/C13H21N3S/c1-12-2-3-13(11-15-12)10-14-4-5-16-6-8-17-9-7-16/h2-3,11,14H,4-10H2,1H3. The quantitative estimate of drug-likeness (QED) is 0.803. The average molecular weight is 251 g/mol. The molecule has 3 nitrogen and oxygen atoms in total. The highest BCUT2D eigenvalue weighted by molar-refractivity contribution is 7.99. The first-order chi connectivity index (χ1) is 8.34. The number of nitrogens with one attached hydrogen (secondary N) is 1. The van der Waals surface area contributed by atoms with Crippen molar-refractivity contribution in [3.8, 4) is 0 Å². The number of aromatic nitrogens is 1. The van der Waals surface area contributed by atoms with Gasteiger partial charge in [-0.05, 0) is 18.6 Å². The maximum Gasteiger partial charge on any atom is 0.0372 e. The smallest absolute Gasteiger partial charge is 0.0372 e. The number of nitrogens with zero attached hydrogens (tertiary/aromatic N) is 2. The van der Waals surface area contributed by atoms with E-state index >= 15 is 0 Å². The predicted octanol–water partition coefficient (Wildman–Crippen LogP) is 1.53. The molecule has 94 valence electrons. The van der Waals surface area contributed by atoms with Crippen LogP contribution in [0, 0.1) is 6.92 Å². The molecule has 0 bridgehead atoms. The van der Waals surface area contributed by atoms with Gasteiger partial charge in [0, 0.05) is 56.1 Å². The number of hydrogen-bond acceptors (Lipinski definition) is 4. The lowest BCUT2D eigenvalue weighted by Gasteiger charge is -2.26. The van der Waals surface area contributed by atoms with Crippen LogP contribution in [0.1, 0.15) is 11.3 Å². The molecule has 0 radical (unpaired) electrons. The summed E-state index contributed by atoms with van der Waals surface area (Å²) in [7, 11) is 0. The molecule has 2 heterocycles. The molecule has 1 saturated heterocycles. The summed E-state index contributed by atoms with van der Waals surface area (Å²) in [6.07, 6.45) is 1.96. The highest BCUT2D eigenvalue weighted by atomic mass is 32.2. The second-order valence-corrected chi connectivity index (χ2v) is 5.66. The number of hydrogen-bond donors (Lipinski definition) is 1. The fourth-order valence-electron chi connectivity index (χ4n) is 1.90. The molecule has 2 rings (SSSR count). The van der Waals surface area contributed by atoms with Crippen LogP contribution in [-0.4, -0.2) is 47.6 Å². The van der Waals surface area contributed by atoms with Gasteiger partial charge in [-0.2, -0.15) is 11.8 Å². The molecule has 0 spiro atoms. The van der Waals surface area contributed by atoms with Crippen LogP contribution < -0.4 is 5.32 Å². The van der Waals surface area contributed by atoms with Crippen molar-refractivity contribution in [1.82, 2.24) is 15.2 Å². The van der Waals surface area contributed by atoms with Gasteiger partial charge in [0.05, 0.1) is 0 Å². The van der Waals surface area contributed by atoms with Crippen molar-refractivity contribution in [3.63, 3.8) is 0 Å². The van der Waals surface area contributed by atoms with E-state index in [-0.39, 0.29) is 0 Å². The normalized spacial score (nSPS) is 17.2. The van der Waals surface area contributed by atoms with Crippen LogP contribution in [0.3, 0.4) is 0 Å². The summed E-state index contributed by atoms with van der Waals surface area (Å²) in [6, 6.07) is 4.21. The second kappa shape index (κ2) is 6.99. The largest absolute Gasteiger partial charge is 0.311 e. The van der Waals surface area contributed by atoms with E-state index in [1.807, 2.05) is 13.1 Å². The third-order valence-electron chi connectivity index (χ3n) is 3.01. The zero-order valence-corrected chi connectivity index (χ0v) is 11.3. The lowest BCUT2D eigenvalue weighted by atomic mass is 10.2. The predicted molar refractivity (Wildman–Crippen MR) is 74.4 cm³/mol. The van der Waals surface area contributed by atoms with Crippen molar-refractivity contribution in [2.45, 2.75) is 13.5 Å². The van der Waals surface area contributed by atoms with Crippen molar-refractivity contribution in [2.24, 2.45) is 0 Å². The SMILES string of the molecule is Cc1ccc(CNCCN2CCSCC2)cn1. The number of rotatable bonds is 5. The second-order valence-electron chi connectivity index (χ2n) is 4.44. The van der Waals surface area contributed by atoms with E-state index in [2.05, 4.69) is 39.1 Å². The van der Waals surface area contributed by atoms with Gasteiger partial charge < -0.3 is 10.2 Å². The van der Waals surface area contributed by atoms with Crippen LogP contribution in [0.15, 0.2) is 18.3 Å². The third-order valence-corrected chi connectivity index (χ3v) is 3.95. The van der Waals surface area contributed by atoms with Crippen LogP contribution in [0.25, 0.3) is 0 Å². The minimum atomic E-state index is 0.926. The highest BCUT2D eigenvalue weighted by Gasteiger charge is 2.08. The summed E-state index contributed by atoms with van der Waals surface area (Å²) in [6.45, 7) is 7.68. The van der Waals surface area contributed by atoms with Crippen LogP contribution >= 0.6 is 11.8 Å². The van der Waals surface area contributed by atoms with Gasteiger partial charge in [0.15, 0.2) is 0 Å². The highest BCUT2D eigenvalue weighted by Crippen LogP contribution is 2.08. The van der Waals surface area contributed by atoms with Gasteiger partial charge in [0.25, 0.3) is 0 Å². The molecule has 0 unspecified atom stereocenters. The van der Waals surface area contributed by atoms with Crippen LogP contribution in [0.2, 0.25) is 0 Å². The fourth-order valence-corrected chi connectivity index (χ4v) is 2.88. The maximum atomic E-state index is 4.29. The molecule has 0 saturated carbocycles. The van der Waals surface area contributed by atoms with Crippen molar-refractivity contribution in [3.05, 3.63) is 29.6 Å². The average Bonchev–Trinajstić information content (AvgIpc) is 2.38. The maximum absolute atomic E-state index is 4.29. The van der Waals surface area contributed by atoms with Crippen molar-refractivity contribution < 1.29 is 0 Å². The number of thioether (sulfide) groups is 1. The Morgan fingerprint density at radius 2 is 2.18 bits per heavy atom. The summed E-state index contributed by atoms with van der Waals surface area (Å²) in [5.41, 5.74) is 2.35. The van der Waals surface area contributed by atoms with Gasteiger partial charge >= 0.3 is 0 Å². The Bertz CT molecular complexity index is 320. The zero-order chi connectivity index (χ0) is 11.9. The van der Waals surface area contributed by atoms with E-state index < -0.39 is 0 Å². The zero-order valence-electron chi connectivity index (χ0n) is 10.5. The lowest BCUT2D eigenvalue weighted by molar-refractivity contribution is 0.301. The molecule has 0 aromatic carbocycles. The van der Waals surface area contributed by atoms with Crippen LogP contribution in [0.4, 0.5) is 0 Å². The molecular weight excluding hydrogens is 230 g/mol. The number of aryl methyl sites for hydroxylation is 1. The molecule has 1 aliphatic heterocycles. The Morgan fingerprint density at radius 3 is 2.88 bits per heavy atom. The van der Waals surface area contributed by atoms with Gasteiger partial charge in [-0.1, -0.05) is 6.07 Å². The summed E-state index contributed by atoms with van der Waals surface area (Å²) in [4.78, 5) is 6.83. The Kier molecular flexibility index (Phi) is 5.29. The van der Waals surface area contributed by atoms with Gasteiger partial charge in [-0.15, -0.1) is 0 Å².